The van der Waals surface area contributed by atoms with E-state index in [0.717, 1.165) is 16.8 Å². The molecule has 0 bridgehead atoms. The molecule has 0 fully saturated rings. The molecule has 0 aliphatic carbocycles. The Morgan fingerprint density at radius 2 is 1.89 bits per heavy atom. The summed E-state index contributed by atoms with van der Waals surface area (Å²) in [5, 5.41) is 14.8. The first-order chi connectivity index (χ1) is 9.09. The van der Waals surface area contributed by atoms with E-state index in [2.05, 4.69) is 10.5 Å². The minimum Gasteiger partial charge on any atom is -0.507 e. The topological polar surface area (TPSA) is 44.6 Å². The van der Waals surface area contributed by atoms with E-state index in [-0.39, 0.29) is 5.75 Å². The van der Waals surface area contributed by atoms with Crippen LogP contribution in [0, 0.1) is 13.8 Å². The summed E-state index contributed by atoms with van der Waals surface area (Å²) in [7, 11) is 0. The normalized spacial score (nSPS) is 10.9. The molecule has 0 saturated carbocycles. The van der Waals surface area contributed by atoms with Gasteiger partial charge in [-0.3, -0.25) is 5.43 Å². The van der Waals surface area contributed by atoms with Gasteiger partial charge in [-0.2, -0.15) is 5.10 Å². The highest BCUT2D eigenvalue weighted by Crippen LogP contribution is 2.29. The first-order valence-corrected chi connectivity index (χ1v) is 6.30. The van der Waals surface area contributed by atoms with Crippen molar-refractivity contribution < 1.29 is 5.11 Å². The molecule has 0 radical (unpaired) electrons. The Morgan fingerprint density at radius 3 is 2.58 bits per heavy atom. The van der Waals surface area contributed by atoms with Gasteiger partial charge in [0, 0.05) is 10.6 Å². The second-order valence-electron chi connectivity index (χ2n) is 4.30. The van der Waals surface area contributed by atoms with Gasteiger partial charge in [-0.05, 0) is 43.2 Å². The molecule has 2 aromatic carbocycles. The molecule has 3 nitrogen and oxygen atoms in total. The summed E-state index contributed by atoms with van der Waals surface area (Å²) in [4.78, 5) is 0. The summed E-state index contributed by atoms with van der Waals surface area (Å²) in [6, 6.07) is 11.3. The molecule has 0 heterocycles. The second kappa shape index (κ2) is 5.76. The molecule has 0 aliphatic rings. The minimum atomic E-state index is 0.209. The molecular weight excluding hydrogens is 260 g/mol. The molecule has 4 heteroatoms. The van der Waals surface area contributed by atoms with Gasteiger partial charge in [-0.25, -0.2) is 0 Å². The number of phenolic OH excluding ortho intramolecular Hbond substituents is 1. The van der Waals surface area contributed by atoms with Gasteiger partial charge in [-0.1, -0.05) is 29.8 Å². The molecule has 0 unspecified atom stereocenters. The molecular formula is C15H15ClN2O. The smallest absolute Gasteiger partial charge is 0.127 e. The predicted octanol–water partition coefficient (Wildman–Crippen LogP) is 4.11. The first-order valence-electron chi connectivity index (χ1n) is 5.92. The summed E-state index contributed by atoms with van der Waals surface area (Å²) in [6.45, 7) is 3.66. The lowest BCUT2D eigenvalue weighted by molar-refractivity contribution is 0.470. The number of phenols is 1. The molecule has 2 N–H and O–H groups in total. The van der Waals surface area contributed by atoms with Gasteiger partial charge in [0.1, 0.15) is 5.75 Å². The Balaban J connectivity index is 2.24. The molecule has 0 atom stereocenters. The van der Waals surface area contributed by atoms with Crippen molar-refractivity contribution in [1.82, 2.24) is 0 Å². The lowest BCUT2D eigenvalue weighted by Gasteiger charge is -2.08. The van der Waals surface area contributed by atoms with Crippen LogP contribution in [0.2, 0.25) is 5.02 Å². The zero-order valence-electron chi connectivity index (χ0n) is 10.8. The van der Waals surface area contributed by atoms with Crippen molar-refractivity contribution in [2.45, 2.75) is 13.8 Å². The van der Waals surface area contributed by atoms with Gasteiger partial charge in [0.15, 0.2) is 0 Å². The highest BCUT2D eigenvalue weighted by Gasteiger charge is 2.09. The van der Waals surface area contributed by atoms with Gasteiger partial charge in [0.05, 0.1) is 11.9 Å². The fourth-order valence-electron chi connectivity index (χ4n) is 1.73. The van der Waals surface area contributed by atoms with Gasteiger partial charge in [0.2, 0.25) is 0 Å². The van der Waals surface area contributed by atoms with Crippen molar-refractivity contribution >= 4 is 23.5 Å². The van der Waals surface area contributed by atoms with Gasteiger partial charge in [0.25, 0.3) is 0 Å². The van der Waals surface area contributed by atoms with E-state index in [1.807, 2.05) is 44.2 Å². The van der Waals surface area contributed by atoms with E-state index in [0.29, 0.717) is 10.6 Å². The van der Waals surface area contributed by atoms with Gasteiger partial charge < -0.3 is 5.11 Å². The summed E-state index contributed by atoms with van der Waals surface area (Å²) in [5.41, 5.74) is 5.96. The molecule has 0 spiro atoms. The van der Waals surface area contributed by atoms with E-state index in [1.54, 1.807) is 12.3 Å². The number of aryl methyl sites for hydroxylation is 1. The summed E-state index contributed by atoms with van der Waals surface area (Å²) in [6.07, 6.45) is 1.58. The summed E-state index contributed by atoms with van der Waals surface area (Å²) < 4.78 is 0. The van der Waals surface area contributed by atoms with Gasteiger partial charge >= 0.3 is 0 Å². The quantitative estimate of drug-likeness (QED) is 0.653. The maximum atomic E-state index is 10.0. The SMILES string of the molecule is Cc1cc(Cl)c(C)c(C=NNc2ccccc2)c1O. The van der Waals surface area contributed by atoms with Crippen LogP contribution in [-0.4, -0.2) is 11.3 Å². The van der Waals surface area contributed by atoms with E-state index >= 15 is 0 Å². The zero-order chi connectivity index (χ0) is 13.8. The van der Waals surface area contributed by atoms with Crippen LogP contribution in [0.25, 0.3) is 0 Å². The predicted molar refractivity (Wildman–Crippen MR) is 80.2 cm³/mol. The summed E-state index contributed by atoms with van der Waals surface area (Å²) >= 11 is 6.09. The van der Waals surface area contributed by atoms with Crippen molar-refractivity contribution in [2.24, 2.45) is 5.10 Å². The van der Waals surface area contributed by atoms with Crippen molar-refractivity contribution in [1.29, 1.82) is 0 Å². The van der Waals surface area contributed by atoms with Crippen molar-refractivity contribution in [3.8, 4) is 5.75 Å². The van der Waals surface area contributed by atoms with Crippen LogP contribution >= 0.6 is 11.6 Å². The number of nitrogens with zero attached hydrogens (tertiary/aromatic N) is 1. The van der Waals surface area contributed by atoms with Crippen LogP contribution in [0.1, 0.15) is 16.7 Å². The van der Waals surface area contributed by atoms with Crippen LogP contribution in [0.5, 0.6) is 5.75 Å². The minimum absolute atomic E-state index is 0.209. The average Bonchev–Trinajstić information content (AvgIpc) is 2.42. The Hall–Kier alpha value is -2.00. The molecule has 2 rings (SSSR count). The Morgan fingerprint density at radius 1 is 1.21 bits per heavy atom. The van der Waals surface area contributed by atoms with Crippen molar-refractivity contribution in [3.05, 3.63) is 58.1 Å². The third-order valence-electron chi connectivity index (χ3n) is 2.90. The molecule has 0 saturated heterocycles. The molecule has 0 amide bonds. The second-order valence-corrected chi connectivity index (χ2v) is 4.71. The third kappa shape index (κ3) is 3.06. The standard InChI is InChI=1S/C15H15ClN2O/c1-10-8-14(16)11(2)13(15(10)19)9-17-18-12-6-4-3-5-7-12/h3-9,18-19H,1-2H3. The number of anilines is 1. The van der Waals surface area contributed by atoms with E-state index in [4.69, 9.17) is 11.6 Å². The highest BCUT2D eigenvalue weighted by molar-refractivity contribution is 6.31. The number of benzene rings is 2. The third-order valence-corrected chi connectivity index (χ3v) is 3.29. The fourth-order valence-corrected chi connectivity index (χ4v) is 1.99. The van der Waals surface area contributed by atoms with Crippen LogP contribution in [0.15, 0.2) is 41.5 Å². The Bertz CT molecular complexity index is 583. The number of nitrogens with one attached hydrogen (secondary N) is 1. The molecule has 2 aromatic rings. The summed E-state index contributed by atoms with van der Waals surface area (Å²) in [5.74, 6) is 0.209. The number of halogens is 1. The van der Waals surface area contributed by atoms with Crippen molar-refractivity contribution in [3.63, 3.8) is 0 Å². The number of hydrogen-bond acceptors (Lipinski definition) is 3. The molecule has 19 heavy (non-hydrogen) atoms. The highest BCUT2D eigenvalue weighted by atomic mass is 35.5. The van der Waals surface area contributed by atoms with Crippen LogP contribution in [0.4, 0.5) is 5.69 Å². The monoisotopic (exact) mass is 274 g/mol. The Labute approximate surface area is 117 Å². The number of rotatable bonds is 3. The molecule has 98 valence electrons. The van der Waals surface area contributed by atoms with E-state index in [1.165, 1.54) is 0 Å². The average molecular weight is 275 g/mol. The maximum Gasteiger partial charge on any atom is 0.127 e. The van der Waals surface area contributed by atoms with E-state index < -0.39 is 0 Å². The molecule has 0 aromatic heterocycles. The first kappa shape index (κ1) is 13.4. The van der Waals surface area contributed by atoms with Crippen LogP contribution < -0.4 is 5.43 Å². The van der Waals surface area contributed by atoms with E-state index in [9.17, 15) is 5.11 Å². The van der Waals surface area contributed by atoms with Crippen LogP contribution in [0.3, 0.4) is 0 Å². The van der Waals surface area contributed by atoms with Crippen molar-refractivity contribution in [2.75, 3.05) is 5.43 Å². The zero-order valence-corrected chi connectivity index (χ0v) is 11.6. The Kier molecular flexibility index (Phi) is 4.07. The number of para-hydroxylation sites is 1. The lowest BCUT2D eigenvalue weighted by atomic mass is 10.0. The number of aromatic hydroxyl groups is 1. The fraction of sp³-hybridized carbons (Fsp3) is 0.133. The number of hydrazone groups is 1. The number of hydrogen-bond donors (Lipinski definition) is 2. The van der Waals surface area contributed by atoms with Gasteiger partial charge in [-0.15, -0.1) is 0 Å². The largest absolute Gasteiger partial charge is 0.507 e. The maximum absolute atomic E-state index is 10.0. The van der Waals surface area contributed by atoms with Crippen LogP contribution in [-0.2, 0) is 0 Å². The molecule has 0 aliphatic heterocycles. The lowest BCUT2D eigenvalue weighted by Crippen LogP contribution is -1.95.